The first-order valence-corrected chi connectivity index (χ1v) is 8.01. The Morgan fingerprint density at radius 2 is 2.00 bits per heavy atom. The van der Waals surface area contributed by atoms with Crippen molar-refractivity contribution in [1.29, 1.82) is 0 Å². The number of benzene rings is 2. The van der Waals surface area contributed by atoms with Crippen LogP contribution in [0.4, 0.5) is 14.5 Å². The molecule has 1 aromatic heterocycles. The van der Waals surface area contributed by atoms with Gasteiger partial charge in [0.2, 0.25) is 0 Å². The van der Waals surface area contributed by atoms with E-state index in [2.05, 4.69) is 15.5 Å². The number of methoxy groups -OCH3 is 1. The molecule has 7 heteroatoms. The van der Waals surface area contributed by atoms with Crippen LogP contribution < -0.4 is 10.1 Å². The van der Waals surface area contributed by atoms with E-state index in [9.17, 15) is 13.6 Å². The Morgan fingerprint density at radius 3 is 2.69 bits per heavy atom. The number of halogens is 2. The number of carbonyl (C=O) groups is 1. The lowest BCUT2D eigenvalue weighted by Gasteiger charge is -2.09. The molecule has 5 nitrogen and oxygen atoms in total. The van der Waals surface area contributed by atoms with Gasteiger partial charge in [-0.2, -0.15) is 5.10 Å². The number of nitrogens with one attached hydrogen (secondary N) is 2. The molecule has 0 aliphatic heterocycles. The van der Waals surface area contributed by atoms with Crippen LogP contribution in [-0.4, -0.2) is 23.2 Å². The molecule has 1 amide bonds. The largest absolute Gasteiger partial charge is 0.497 e. The summed E-state index contributed by atoms with van der Waals surface area (Å²) in [5, 5.41) is 9.79. The van der Waals surface area contributed by atoms with Gasteiger partial charge in [-0.3, -0.25) is 9.89 Å². The Hall–Kier alpha value is -3.22. The zero-order valence-electron chi connectivity index (χ0n) is 14.3. The van der Waals surface area contributed by atoms with Crippen molar-refractivity contribution in [2.75, 3.05) is 12.4 Å². The molecule has 0 unspecified atom stereocenters. The average Bonchev–Trinajstić information content (AvgIpc) is 3.06. The summed E-state index contributed by atoms with van der Waals surface area (Å²) >= 11 is 0. The molecule has 0 radical (unpaired) electrons. The summed E-state index contributed by atoms with van der Waals surface area (Å²) in [5.74, 6) is -1.72. The molecule has 0 saturated carbocycles. The van der Waals surface area contributed by atoms with Crippen molar-refractivity contribution in [2.24, 2.45) is 0 Å². The highest BCUT2D eigenvalue weighted by Crippen LogP contribution is 2.30. The van der Waals surface area contributed by atoms with Crippen molar-refractivity contribution in [3.63, 3.8) is 0 Å². The predicted octanol–water partition coefficient (Wildman–Crippen LogP) is 4.18. The van der Waals surface area contributed by atoms with Gasteiger partial charge in [-0.25, -0.2) is 8.78 Å². The van der Waals surface area contributed by atoms with E-state index in [1.54, 1.807) is 24.3 Å². The van der Waals surface area contributed by atoms with Gasteiger partial charge in [-0.05, 0) is 42.8 Å². The summed E-state index contributed by atoms with van der Waals surface area (Å²) in [6.45, 7) is 1.89. The van der Waals surface area contributed by atoms with Crippen molar-refractivity contribution >= 4 is 11.6 Å². The molecule has 26 heavy (non-hydrogen) atoms. The van der Waals surface area contributed by atoms with Gasteiger partial charge in [-0.15, -0.1) is 0 Å². The maximum absolute atomic E-state index is 13.6. The maximum Gasteiger partial charge on any atom is 0.255 e. The Kier molecular flexibility index (Phi) is 4.97. The molecule has 2 N–H and O–H groups in total. The molecule has 0 saturated heterocycles. The first-order valence-electron chi connectivity index (χ1n) is 8.01. The molecule has 0 spiro atoms. The van der Waals surface area contributed by atoms with Gasteiger partial charge in [0.25, 0.3) is 5.91 Å². The Labute approximate surface area is 149 Å². The monoisotopic (exact) mass is 357 g/mol. The second-order valence-electron chi connectivity index (χ2n) is 5.59. The predicted molar refractivity (Wildman–Crippen MR) is 94.3 cm³/mol. The van der Waals surface area contributed by atoms with Gasteiger partial charge in [0, 0.05) is 11.1 Å². The summed E-state index contributed by atoms with van der Waals surface area (Å²) in [4.78, 5) is 12.6. The van der Waals surface area contributed by atoms with E-state index in [0.717, 1.165) is 12.1 Å². The van der Waals surface area contributed by atoms with Crippen molar-refractivity contribution in [3.8, 4) is 17.0 Å². The zero-order chi connectivity index (χ0) is 18.7. The van der Waals surface area contributed by atoms with Crippen molar-refractivity contribution < 1.29 is 18.3 Å². The van der Waals surface area contributed by atoms with Gasteiger partial charge in [0.05, 0.1) is 18.5 Å². The van der Waals surface area contributed by atoms with Gasteiger partial charge in [-0.1, -0.05) is 13.0 Å². The summed E-state index contributed by atoms with van der Waals surface area (Å²) in [6.07, 6.45) is 0.574. The molecule has 0 bridgehead atoms. The average molecular weight is 357 g/mol. The number of carbonyl (C=O) groups excluding carboxylic acids is 1. The van der Waals surface area contributed by atoms with Gasteiger partial charge >= 0.3 is 0 Å². The summed E-state index contributed by atoms with van der Waals surface area (Å²) in [6, 6.07) is 10.2. The number of anilines is 1. The highest BCUT2D eigenvalue weighted by atomic mass is 19.2. The Morgan fingerprint density at radius 1 is 1.19 bits per heavy atom. The molecule has 1 heterocycles. The van der Waals surface area contributed by atoms with E-state index < -0.39 is 11.6 Å². The number of ether oxygens (including phenoxy) is 1. The molecular formula is C19H17F2N3O2. The van der Waals surface area contributed by atoms with Crippen LogP contribution in [0, 0.1) is 11.6 Å². The number of rotatable bonds is 5. The fraction of sp³-hybridized carbons (Fsp3) is 0.158. The summed E-state index contributed by atoms with van der Waals surface area (Å²) in [5.41, 5.74) is 2.23. The lowest BCUT2D eigenvalue weighted by Crippen LogP contribution is -2.13. The minimum atomic E-state index is -0.978. The number of amides is 1. The quantitative estimate of drug-likeness (QED) is 0.720. The number of aryl methyl sites for hydroxylation is 1. The highest BCUT2D eigenvalue weighted by molar-refractivity contribution is 6.06. The summed E-state index contributed by atoms with van der Waals surface area (Å²) < 4.78 is 31.9. The number of H-pyrrole nitrogens is 1. The van der Waals surface area contributed by atoms with E-state index in [-0.39, 0.29) is 5.91 Å². The number of hydrogen-bond acceptors (Lipinski definition) is 3. The molecule has 0 aliphatic carbocycles. The van der Waals surface area contributed by atoms with Crippen LogP contribution in [0.15, 0.2) is 42.5 Å². The first-order chi connectivity index (χ1) is 12.5. The van der Waals surface area contributed by atoms with Crippen LogP contribution in [0.2, 0.25) is 0 Å². The normalized spacial score (nSPS) is 10.6. The van der Waals surface area contributed by atoms with Gasteiger partial charge < -0.3 is 10.1 Å². The molecule has 134 valence electrons. The highest BCUT2D eigenvalue weighted by Gasteiger charge is 2.18. The van der Waals surface area contributed by atoms with Crippen LogP contribution in [0.5, 0.6) is 5.75 Å². The molecule has 2 aromatic carbocycles. The first kappa shape index (κ1) is 17.6. The third-order valence-corrected chi connectivity index (χ3v) is 3.96. The standard InChI is InChI=1S/C19H17F2N3O2/c1-3-16-18(22-19(25)12-5-4-6-13(9-12)26-2)17(24-23-16)11-7-8-14(20)15(21)10-11/h4-10H,3H2,1-2H3,(H,22,25)(H,23,24). The van der Waals surface area contributed by atoms with E-state index in [4.69, 9.17) is 4.74 Å². The van der Waals surface area contributed by atoms with Crippen LogP contribution in [-0.2, 0) is 6.42 Å². The van der Waals surface area contributed by atoms with Gasteiger partial charge in [0.15, 0.2) is 11.6 Å². The topological polar surface area (TPSA) is 67.0 Å². The van der Waals surface area contributed by atoms with Crippen LogP contribution in [0.25, 0.3) is 11.3 Å². The molecule has 0 fully saturated rings. The number of aromatic amines is 1. The van der Waals surface area contributed by atoms with E-state index in [0.29, 0.717) is 40.4 Å². The smallest absolute Gasteiger partial charge is 0.255 e. The SMILES string of the molecule is CCc1[nH]nc(-c2ccc(F)c(F)c2)c1NC(=O)c1cccc(OC)c1. The van der Waals surface area contributed by atoms with Crippen LogP contribution in [0.3, 0.4) is 0 Å². The summed E-state index contributed by atoms with van der Waals surface area (Å²) in [7, 11) is 1.52. The van der Waals surface area contributed by atoms with Crippen molar-refractivity contribution in [3.05, 3.63) is 65.4 Å². The minimum absolute atomic E-state index is 0.344. The van der Waals surface area contributed by atoms with Crippen molar-refractivity contribution in [2.45, 2.75) is 13.3 Å². The third-order valence-electron chi connectivity index (χ3n) is 3.96. The maximum atomic E-state index is 13.6. The Balaban J connectivity index is 1.97. The minimum Gasteiger partial charge on any atom is -0.497 e. The zero-order valence-corrected chi connectivity index (χ0v) is 14.3. The third kappa shape index (κ3) is 3.42. The van der Waals surface area contributed by atoms with Crippen LogP contribution in [0.1, 0.15) is 23.0 Å². The van der Waals surface area contributed by atoms with E-state index in [1.807, 2.05) is 6.92 Å². The van der Waals surface area contributed by atoms with Crippen molar-refractivity contribution in [1.82, 2.24) is 10.2 Å². The molecular weight excluding hydrogens is 340 g/mol. The lowest BCUT2D eigenvalue weighted by molar-refractivity contribution is 0.102. The van der Waals surface area contributed by atoms with Crippen LogP contribution >= 0.6 is 0 Å². The van der Waals surface area contributed by atoms with E-state index in [1.165, 1.54) is 13.2 Å². The molecule has 3 aromatic rings. The lowest BCUT2D eigenvalue weighted by atomic mass is 10.1. The molecule has 3 rings (SSSR count). The second kappa shape index (κ2) is 7.35. The molecule has 0 atom stereocenters. The number of nitrogens with zero attached hydrogens (tertiary/aromatic N) is 1. The Bertz CT molecular complexity index is 954. The van der Waals surface area contributed by atoms with Gasteiger partial charge in [0.1, 0.15) is 11.4 Å². The fourth-order valence-corrected chi connectivity index (χ4v) is 2.57. The fourth-order valence-electron chi connectivity index (χ4n) is 2.57. The van der Waals surface area contributed by atoms with E-state index >= 15 is 0 Å². The second-order valence-corrected chi connectivity index (χ2v) is 5.59. The molecule has 0 aliphatic rings. The number of hydrogen-bond donors (Lipinski definition) is 2. The number of aromatic nitrogens is 2.